The number of ketones is 1. The maximum absolute atomic E-state index is 12.7. The van der Waals surface area contributed by atoms with E-state index >= 15 is 0 Å². The van der Waals surface area contributed by atoms with Crippen LogP contribution in [0.15, 0.2) is 59.2 Å². The zero-order valence-corrected chi connectivity index (χ0v) is 19.6. The number of furan rings is 1. The maximum atomic E-state index is 12.7. The van der Waals surface area contributed by atoms with Gasteiger partial charge in [0.1, 0.15) is 5.75 Å². The Morgan fingerprint density at radius 3 is 2.67 bits per heavy atom. The number of rotatable bonds is 7. The lowest BCUT2D eigenvalue weighted by Gasteiger charge is -2.30. The molecule has 1 saturated heterocycles. The first-order chi connectivity index (χ1) is 15.9. The third kappa shape index (κ3) is 5.46. The minimum atomic E-state index is -0.760. The average molecular weight is 487 g/mol. The zero-order chi connectivity index (χ0) is 23.4. The van der Waals surface area contributed by atoms with Crippen LogP contribution in [0.5, 0.6) is 5.75 Å². The molecule has 0 saturated carbocycles. The second-order valence-corrected chi connectivity index (χ2v) is 9.70. The number of nitrogens with zero attached hydrogens (tertiary/aromatic N) is 1. The first kappa shape index (κ1) is 23.1. The number of benzene rings is 2. The van der Waals surface area contributed by atoms with Crippen LogP contribution in [0.1, 0.15) is 21.7 Å². The van der Waals surface area contributed by atoms with Crippen molar-refractivity contribution in [2.45, 2.75) is 6.92 Å². The van der Waals surface area contributed by atoms with Crippen molar-refractivity contribution in [1.82, 2.24) is 0 Å². The van der Waals surface area contributed by atoms with Crippen molar-refractivity contribution in [3.63, 3.8) is 0 Å². The van der Waals surface area contributed by atoms with Crippen LogP contribution in [0.2, 0.25) is 5.02 Å². The molecule has 1 aromatic heterocycles. The summed E-state index contributed by atoms with van der Waals surface area (Å²) in [5.74, 6) is 0.933. The van der Waals surface area contributed by atoms with Crippen molar-refractivity contribution < 1.29 is 23.0 Å². The Kier molecular flexibility index (Phi) is 7.15. The van der Waals surface area contributed by atoms with E-state index in [2.05, 4.69) is 10.2 Å². The van der Waals surface area contributed by atoms with Crippen molar-refractivity contribution in [3.05, 3.63) is 76.7 Å². The number of carbonyl (C=O) groups is 2. The number of ether oxygens (including phenoxy) is 1. The van der Waals surface area contributed by atoms with Crippen molar-refractivity contribution >= 4 is 45.5 Å². The van der Waals surface area contributed by atoms with Gasteiger partial charge in [0.25, 0.3) is 5.91 Å². The molecule has 33 heavy (non-hydrogen) atoms. The SMILES string of the molecule is Cc1c(NC(=O)COc2ccc(Cl)cc2C(=O)c2ccco2)cccc1N1CCS(=O)CC1. The summed E-state index contributed by atoms with van der Waals surface area (Å²) in [5, 5.41) is 3.25. The molecular formula is C24H23ClN2O5S. The van der Waals surface area contributed by atoms with E-state index in [0.29, 0.717) is 22.2 Å². The molecular weight excluding hydrogens is 464 g/mol. The number of amides is 1. The molecule has 1 aliphatic heterocycles. The fourth-order valence-corrected chi connectivity index (χ4v) is 4.88. The summed E-state index contributed by atoms with van der Waals surface area (Å²) >= 11 is 6.06. The molecule has 9 heteroatoms. The Balaban J connectivity index is 1.44. The Bertz CT molecular complexity index is 1190. The van der Waals surface area contributed by atoms with Crippen molar-refractivity contribution in [3.8, 4) is 5.75 Å². The largest absolute Gasteiger partial charge is 0.483 e. The molecule has 2 heterocycles. The molecule has 0 spiro atoms. The zero-order valence-electron chi connectivity index (χ0n) is 18.0. The van der Waals surface area contributed by atoms with Gasteiger partial charge in [-0.1, -0.05) is 17.7 Å². The summed E-state index contributed by atoms with van der Waals surface area (Å²) in [4.78, 5) is 27.5. The molecule has 3 aromatic rings. The minimum absolute atomic E-state index is 0.153. The number of anilines is 2. The van der Waals surface area contributed by atoms with Gasteiger partial charge in [0, 0.05) is 51.8 Å². The lowest BCUT2D eigenvalue weighted by Crippen LogP contribution is -2.38. The van der Waals surface area contributed by atoms with Gasteiger partial charge in [0.2, 0.25) is 5.78 Å². The van der Waals surface area contributed by atoms with Crippen LogP contribution in [-0.2, 0) is 15.6 Å². The van der Waals surface area contributed by atoms with E-state index in [1.807, 2.05) is 25.1 Å². The summed E-state index contributed by atoms with van der Waals surface area (Å²) in [6.45, 7) is 3.09. The maximum Gasteiger partial charge on any atom is 0.262 e. The van der Waals surface area contributed by atoms with Crippen LogP contribution in [-0.4, -0.2) is 47.1 Å². The highest BCUT2D eigenvalue weighted by atomic mass is 35.5. The smallest absolute Gasteiger partial charge is 0.262 e. The predicted molar refractivity (Wildman–Crippen MR) is 129 cm³/mol. The lowest BCUT2D eigenvalue weighted by molar-refractivity contribution is -0.118. The second-order valence-electron chi connectivity index (χ2n) is 7.57. The van der Waals surface area contributed by atoms with Gasteiger partial charge in [-0.3, -0.25) is 13.8 Å². The molecule has 0 bridgehead atoms. The van der Waals surface area contributed by atoms with Crippen LogP contribution in [0.4, 0.5) is 11.4 Å². The monoisotopic (exact) mass is 486 g/mol. The Hall–Kier alpha value is -3.10. The molecule has 1 aliphatic rings. The van der Waals surface area contributed by atoms with Gasteiger partial charge in [-0.15, -0.1) is 0 Å². The second kappa shape index (κ2) is 10.2. The number of hydrogen-bond acceptors (Lipinski definition) is 6. The van der Waals surface area contributed by atoms with Crippen LogP contribution in [0, 0.1) is 6.92 Å². The predicted octanol–water partition coefficient (Wildman–Crippen LogP) is 4.06. The highest BCUT2D eigenvalue weighted by Crippen LogP contribution is 2.28. The quantitative estimate of drug-likeness (QED) is 0.507. The van der Waals surface area contributed by atoms with E-state index in [-0.39, 0.29) is 35.4 Å². The molecule has 0 aliphatic carbocycles. The molecule has 4 rings (SSSR count). The first-order valence-electron chi connectivity index (χ1n) is 10.4. The summed E-state index contributed by atoms with van der Waals surface area (Å²) < 4.78 is 22.5. The van der Waals surface area contributed by atoms with Gasteiger partial charge < -0.3 is 19.4 Å². The summed E-state index contributed by atoms with van der Waals surface area (Å²) in [5.41, 5.74) is 2.83. The van der Waals surface area contributed by atoms with Crippen molar-refractivity contribution in [1.29, 1.82) is 0 Å². The molecule has 7 nitrogen and oxygen atoms in total. The van der Waals surface area contributed by atoms with Gasteiger partial charge in [0.05, 0.1) is 11.8 Å². The third-order valence-corrected chi connectivity index (χ3v) is 6.90. The molecule has 0 atom stereocenters. The van der Waals surface area contributed by atoms with Gasteiger partial charge in [-0.2, -0.15) is 0 Å². The van der Waals surface area contributed by atoms with Crippen LogP contribution in [0.3, 0.4) is 0 Å². The fourth-order valence-electron chi connectivity index (χ4n) is 3.66. The molecule has 0 radical (unpaired) electrons. The standard InChI is InChI=1S/C24H23ClN2O5S/c1-16-19(4-2-5-20(16)27-9-12-33(30)13-10-27)26-23(28)15-32-21-8-7-17(25)14-18(21)24(29)22-6-3-11-31-22/h2-8,11,14H,9-10,12-13,15H2,1H3,(H,26,28). The molecule has 1 N–H and O–H groups in total. The van der Waals surface area contributed by atoms with Gasteiger partial charge in [-0.25, -0.2) is 0 Å². The summed E-state index contributed by atoms with van der Waals surface area (Å²) in [7, 11) is -0.760. The van der Waals surface area contributed by atoms with Gasteiger partial charge in [0.15, 0.2) is 12.4 Å². The van der Waals surface area contributed by atoms with Crippen LogP contribution in [0.25, 0.3) is 0 Å². The van der Waals surface area contributed by atoms with E-state index in [4.69, 9.17) is 20.8 Å². The molecule has 2 aromatic carbocycles. The Labute approximate surface area is 199 Å². The van der Waals surface area contributed by atoms with Gasteiger partial charge in [-0.05, 0) is 55.0 Å². The third-order valence-electron chi connectivity index (χ3n) is 5.39. The topological polar surface area (TPSA) is 88.8 Å². The highest BCUT2D eigenvalue weighted by molar-refractivity contribution is 7.85. The van der Waals surface area contributed by atoms with Crippen LogP contribution >= 0.6 is 11.6 Å². The summed E-state index contributed by atoms with van der Waals surface area (Å²) in [6, 6.07) is 13.5. The Morgan fingerprint density at radius 2 is 1.94 bits per heavy atom. The average Bonchev–Trinajstić information content (AvgIpc) is 3.35. The van der Waals surface area contributed by atoms with Crippen molar-refractivity contribution in [2.24, 2.45) is 0 Å². The van der Waals surface area contributed by atoms with Crippen molar-refractivity contribution in [2.75, 3.05) is 41.4 Å². The number of halogens is 1. The minimum Gasteiger partial charge on any atom is -0.483 e. The van der Waals surface area contributed by atoms with Gasteiger partial charge >= 0.3 is 0 Å². The molecule has 1 amide bonds. The van der Waals surface area contributed by atoms with E-state index in [1.165, 1.54) is 12.3 Å². The number of nitrogens with one attached hydrogen (secondary N) is 1. The molecule has 172 valence electrons. The normalized spacial score (nSPS) is 14.2. The molecule has 1 fully saturated rings. The molecule has 0 unspecified atom stereocenters. The number of hydrogen-bond donors (Lipinski definition) is 1. The fraction of sp³-hybridized carbons (Fsp3) is 0.250. The number of carbonyl (C=O) groups excluding carboxylic acids is 2. The van der Waals surface area contributed by atoms with E-state index < -0.39 is 10.8 Å². The van der Waals surface area contributed by atoms with E-state index in [9.17, 15) is 13.8 Å². The van der Waals surface area contributed by atoms with E-state index in [0.717, 1.165) is 24.3 Å². The van der Waals surface area contributed by atoms with E-state index in [1.54, 1.807) is 24.3 Å². The lowest BCUT2D eigenvalue weighted by atomic mass is 10.1. The highest BCUT2D eigenvalue weighted by Gasteiger charge is 2.20. The summed E-state index contributed by atoms with van der Waals surface area (Å²) in [6.07, 6.45) is 1.41. The Morgan fingerprint density at radius 1 is 1.15 bits per heavy atom. The van der Waals surface area contributed by atoms with Crippen LogP contribution < -0.4 is 15.0 Å². The first-order valence-corrected chi connectivity index (χ1v) is 12.3.